The summed E-state index contributed by atoms with van der Waals surface area (Å²) in [4.78, 5) is 9.42. The topological polar surface area (TPSA) is 36.8 Å². The van der Waals surface area contributed by atoms with Crippen LogP contribution in [0.2, 0.25) is 0 Å². The highest BCUT2D eigenvalue weighted by Gasteiger charge is 2.23. The number of unbranched alkanes of at least 4 members (excludes halogenated alkanes) is 1. The summed E-state index contributed by atoms with van der Waals surface area (Å²) in [7, 11) is 0. The number of nitrogens with zero attached hydrogens (tertiary/aromatic N) is 2. The van der Waals surface area contributed by atoms with Gasteiger partial charge in [-0.3, -0.25) is 9.98 Å². The van der Waals surface area contributed by atoms with E-state index in [0.717, 1.165) is 78.1 Å². The van der Waals surface area contributed by atoms with E-state index in [-0.39, 0.29) is 5.82 Å². The van der Waals surface area contributed by atoms with Crippen molar-refractivity contribution in [1.82, 2.24) is 5.32 Å². The molecule has 4 heteroatoms. The summed E-state index contributed by atoms with van der Waals surface area (Å²) in [5, 5.41) is 3.37. The molecule has 0 saturated carbocycles. The van der Waals surface area contributed by atoms with Gasteiger partial charge in [0.05, 0.1) is 5.69 Å². The number of hydrogen-bond donors (Lipinski definition) is 1. The van der Waals surface area contributed by atoms with Gasteiger partial charge in [-0.05, 0) is 118 Å². The van der Waals surface area contributed by atoms with Crippen molar-refractivity contribution in [2.24, 2.45) is 15.9 Å². The Hall–Kier alpha value is -2.77. The predicted molar refractivity (Wildman–Crippen MR) is 154 cm³/mol. The fraction of sp³-hybridized carbons (Fsp3) is 0.500. The predicted octanol–water partition coefficient (Wildman–Crippen LogP) is 8.61. The van der Waals surface area contributed by atoms with E-state index in [2.05, 4.69) is 70.0 Å². The second kappa shape index (κ2) is 13.0. The Morgan fingerprint density at radius 3 is 2.33 bits per heavy atom. The Morgan fingerprint density at radius 2 is 1.69 bits per heavy atom. The molecule has 0 bridgehead atoms. The average Bonchev–Trinajstić information content (AvgIpc) is 3.16. The summed E-state index contributed by atoms with van der Waals surface area (Å²) in [6, 6.07) is 7.98. The molecule has 1 fully saturated rings. The maximum Gasteiger partial charge on any atom is 0.149 e. The molecule has 0 aliphatic carbocycles. The van der Waals surface area contributed by atoms with Gasteiger partial charge in [-0.1, -0.05) is 20.8 Å². The van der Waals surface area contributed by atoms with E-state index in [9.17, 15) is 0 Å². The molecule has 2 aliphatic rings. The molecule has 1 N–H and O–H groups in total. The van der Waals surface area contributed by atoms with E-state index in [1.54, 1.807) is 6.07 Å². The summed E-state index contributed by atoms with van der Waals surface area (Å²) in [5.41, 5.74) is 8.95. The number of benzene rings is 2. The van der Waals surface area contributed by atoms with Gasteiger partial charge in [0.1, 0.15) is 11.5 Å². The molecule has 2 aromatic carbocycles. The van der Waals surface area contributed by atoms with Gasteiger partial charge >= 0.3 is 0 Å². The van der Waals surface area contributed by atoms with E-state index in [1.807, 2.05) is 13.8 Å². The molecule has 0 aromatic heterocycles. The zero-order chi connectivity index (χ0) is 26.2. The zero-order valence-electron chi connectivity index (χ0n) is 23.2. The first-order valence-corrected chi connectivity index (χ1v) is 13.5. The highest BCUT2D eigenvalue weighted by atomic mass is 19.1. The number of hydrogen-bond acceptors (Lipinski definition) is 3. The third-order valence-corrected chi connectivity index (χ3v) is 7.19. The van der Waals surface area contributed by atoms with Crippen LogP contribution < -0.4 is 5.32 Å². The quantitative estimate of drug-likeness (QED) is 0.340. The molecule has 1 saturated heterocycles. The molecule has 4 rings (SSSR count). The van der Waals surface area contributed by atoms with Gasteiger partial charge in [0.2, 0.25) is 0 Å². The number of aliphatic imine (C=N–C) groups is 2. The van der Waals surface area contributed by atoms with Crippen molar-refractivity contribution in [3.8, 4) is 23.0 Å². The molecule has 1 unspecified atom stereocenters. The molecule has 0 spiro atoms. The van der Waals surface area contributed by atoms with Crippen molar-refractivity contribution < 1.29 is 4.39 Å². The largest absolute Gasteiger partial charge is 0.317 e. The maximum absolute atomic E-state index is 15.1. The van der Waals surface area contributed by atoms with Crippen LogP contribution in [0.3, 0.4) is 0 Å². The van der Waals surface area contributed by atoms with Crippen LogP contribution in [0.1, 0.15) is 89.3 Å². The molecule has 2 aliphatic heterocycles. The summed E-state index contributed by atoms with van der Waals surface area (Å²) < 4.78 is 15.1. The van der Waals surface area contributed by atoms with Crippen LogP contribution in [0, 0.1) is 37.4 Å². The van der Waals surface area contributed by atoms with Crippen LogP contribution in [-0.4, -0.2) is 24.5 Å². The molecule has 0 amide bonds. The molecule has 0 radical (unpaired) electrons. The Balaban J connectivity index is 0.000000454. The summed E-state index contributed by atoms with van der Waals surface area (Å²) >= 11 is 0. The summed E-state index contributed by atoms with van der Waals surface area (Å²) in [6.45, 7) is 16.6. The second-order valence-corrected chi connectivity index (χ2v) is 10.1. The van der Waals surface area contributed by atoms with E-state index in [0.29, 0.717) is 17.5 Å². The molecule has 36 heavy (non-hydrogen) atoms. The molecule has 2 heterocycles. The molecular weight excluding hydrogens is 445 g/mol. The van der Waals surface area contributed by atoms with Crippen molar-refractivity contribution >= 4 is 22.8 Å². The van der Waals surface area contributed by atoms with Crippen molar-refractivity contribution in [2.75, 3.05) is 13.1 Å². The maximum atomic E-state index is 15.1. The normalized spacial score (nSPS) is 17.5. The van der Waals surface area contributed by atoms with Gasteiger partial charge < -0.3 is 5.32 Å². The van der Waals surface area contributed by atoms with Gasteiger partial charge in [0.25, 0.3) is 0 Å². The van der Waals surface area contributed by atoms with Crippen molar-refractivity contribution in [3.63, 3.8) is 0 Å². The van der Waals surface area contributed by atoms with Crippen LogP contribution in [-0.2, 0) is 0 Å². The lowest BCUT2D eigenvalue weighted by atomic mass is 9.91. The summed E-state index contributed by atoms with van der Waals surface area (Å²) in [5.74, 6) is 6.54. The highest BCUT2D eigenvalue weighted by Crippen LogP contribution is 2.41. The lowest BCUT2D eigenvalue weighted by molar-refractivity contribution is 0.455. The third kappa shape index (κ3) is 6.71. The van der Waals surface area contributed by atoms with Crippen molar-refractivity contribution in [2.45, 2.75) is 86.5 Å². The second-order valence-electron chi connectivity index (χ2n) is 10.1. The van der Waals surface area contributed by atoms with Gasteiger partial charge in [0, 0.05) is 30.2 Å². The molecule has 3 nitrogen and oxygen atoms in total. The molecule has 1 atom stereocenters. The van der Waals surface area contributed by atoms with Crippen LogP contribution in [0.25, 0.3) is 11.1 Å². The Morgan fingerprint density at radius 1 is 1.03 bits per heavy atom. The minimum Gasteiger partial charge on any atom is -0.317 e. The van der Waals surface area contributed by atoms with E-state index < -0.39 is 0 Å². The van der Waals surface area contributed by atoms with Crippen LogP contribution >= 0.6 is 0 Å². The van der Waals surface area contributed by atoms with Crippen LogP contribution in [0.4, 0.5) is 15.8 Å². The fourth-order valence-electron chi connectivity index (χ4n) is 4.85. The number of fused-ring (bicyclic) bond motifs is 1. The zero-order valence-corrected chi connectivity index (χ0v) is 23.2. The molecule has 192 valence electrons. The monoisotopic (exact) mass is 487 g/mol. The van der Waals surface area contributed by atoms with Crippen molar-refractivity contribution in [1.29, 1.82) is 0 Å². The van der Waals surface area contributed by atoms with E-state index >= 15 is 4.39 Å². The smallest absolute Gasteiger partial charge is 0.149 e. The number of aryl methyl sites for hydroxylation is 2. The molecular formula is C32H42FN3. The number of halogens is 1. The SMILES string of the molecule is CC(=Nc1c(C)cc(-c2cc(C)c3c(c2)C(C)C(C)=N3)cc1F)C1CCNCC1.CCC#CCCC. The van der Waals surface area contributed by atoms with Gasteiger partial charge in [-0.25, -0.2) is 4.39 Å². The first kappa shape index (κ1) is 27.8. The van der Waals surface area contributed by atoms with Crippen molar-refractivity contribution in [3.05, 3.63) is 46.8 Å². The number of nitrogens with one attached hydrogen (secondary N) is 1. The fourth-order valence-corrected chi connectivity index (χ4v) is 4.85. The minimum absolute atomic E-state index is 0.244. The van der Waals surface area contributed by atoms with Gasteiger partial charge in [0.15, 0.2) is 0 Å². The Kier molecular flexibility index (Phi) is 10.0. The lowest BCUT2D eigenvalue weighted by Gasteiger charge is -2.22. The molecule has 2 aromatic rings. The minimum atomic E-state index is -0.244. The average molecular weight is 488 g/mol. The number of piperidine rings is 1. The third-order valence-electron chi connectivity index (χ3n) is 7.19. The first-order chi connectivity index (χ1) is 17.3. The Labute approximate surface area is 217 Å². The van der Waals surface area contributed by atoms with Gasteiger partial charge in [-0.2, -0.15) is 0 Å². The van der Waals surface area contributed by atoms with Crippen LogP contribution in [0.5, 0.6) is 0 Å². The first-order valence-electron chi connectivity index (χ1n) is 13.5. The summed E-state index contributed by atoms with van der Waals surface area (Å²) in [6.07, 6.45) is 5.39. The van der Waals surface area contributed by atoms with E-state index in [1.165, 1.54) is 12.0 Å². The highest BCUT2D eigenvalue weighted by molar-refractivity contribution is 5.97. The Bertz CT molecular complexity index is 1170. The lowest BCUT2D eigenvalue weighted by Crippen LogP contribution is -2.30. The van der Waals surface area contributed by atoms with E-state index in [4.69, 9.17) is 9.98 Å². The van der Waals surface area contributed by atoms with Crippen LogP contribution in [0.15, 0.2) is 34.3 Å². The number of rotatable bonds is 4. The standard InChI is InChI=1S/C25H30FN3.C7H12/c1-14-10-20(12-22-16(3)17(4)28-24(14)22)21-11-15(2)25(23(26)13-21)29-18(5)19-6-8-27-9-7-19;1-3-5-7-6-4-2/h10-13,16,19,27H,6-9H2,1-5H3;3-5H2,1-2H3. The van der Waals surface area contributed by atoms with Gasteiger partial charge in [-0.15, -0.1) is 11.8 Å².